The predicted octanol–water partition coefficient (Wildman–Crippen LogP) is 1.91. The lowest BCUT2D eigenvalue weighted by Crippen LogP contribution is -2.73. The highest BCUT2D eigenvalue weighted by atomic mass is 32.2. The molecule has 1 aliphatic rings. The number of allylic oxidation sites excluding steroid dienone is 4. The smallest absolute Gasteiger partial charge is 0.242 e. The second kappa shape index (κ2) is 10.2. The Kier molecular flexibility index (Phi) is 8.11. The van der Waals surface area contributed by atoms with Gasteiger partial charge < -0.3 is 0 Å². The number of hydrogen-bond donors (Lipinski definition) is 2. The van der Waals surface area contributed by atoms with Gasteiger partial charge in [-0.3, -0.25) is 0 Å². The van der Waals surface area contributed by atoms with Crippen LogP contribution in [0.1, 0.15) is 0 Å². The molecule has 8 nitrogen and oxygen atoms in total. The minimum Gasteiger partial charge on any atom is -0.242 e. The first-order chi connectivity index (χ1) is 15.0. The van der Waals surface area contributed by atoms with Crippen molar-refractivity contribution in [3.8, 4) is 0 Å². The highest BCUT2D eigenvalue weighted by Crippen LogP contribution is 2.30. The average Bonchev–Trinajstić information content (AvgIpc) is 2.75. The van der Waals surface area contributed by atoms with Crippen molar-refractivity contribution >= 4 is 49.5 Å². The normalized spacial score (nSPS) is 18.9. The van der Waals surface area contributed by atoms with Crippen molar-refractivity contribution in [3.05, 3.63) is 54.3 Å². The van der Waals surface area contributed by atoms with Gasteiger partial charge in [0.25, 0.3) is 10.0 Å². The summed E-state index contributed by atoms with van der Waals surface area (Å²) in [5.74, 6) is -7.54. The van der Waals surface area contributed by atoms with Gasteiger partial charge in [0.05, 0.1) is 5.69 Å². The van der Waals surface area contributed by atoms with Crippen LogP contribution >= 0.6 is 0 Å². The van der Waals surface area contributed by atoms with Gasteiger partial charge in [0.15, 0.2) is 0 Å². The van der Waals surface area contributed by atoms with Gasteiger partial charge in [0.1, 0.15) is 18.1 Å². The summed E-state index contributed by atoms with van der Waals surface area (Å²) >= 11 is 0. The van der Waals surface area contributed by atoms with Crippen LogP contribution < -0.4 is 9.36 Å². The number of alkyl halides is 4. The Balaban J connectivity index is 2.67. The van der Waals surface area contributed by atoms with E-state index in [0.717, 1.165) is 12.1 Å². The van der Waals surface area contributed by atoms with Crippen molar-refractivity contribution in [1.82, 2.24) is 0 Å². The lowest BCUT2D eigenvalue weighted by Gasteiger charge is -2.07. The molecule has 0 spiro atoms. The van der Waals surface area contributed by atoms with Gasteiger partial charge in [-0.25, -0.2) is 14.2 Å². The minimum atomic E-state index is -5.05. The van der Waals surface area contributed by atoms with Crippen LogP contribution in [0.4, 0.5) is 43.7 Å². The monoisotopic (exact) mass is 504 g/mol. The van der Waals surface area contributed by atoms with Crippen LogP contribution in [0.15, 0.2) is 63.6 Å². The summed E-state index contributed by atoms with van der Waals surface area (Å²) in [5.41, 5.74) is -0.960. The molecule has 0 radical (unpaired) electrons. The molecule has 0 aromatic heterocycles. The van der Waals surface area contributed by atoms with Gasteiger partial charge in [-0.1, -0.05) is 17.0 Å². The second-order valence-corrected chi connectivity index (χ2v) is 9.21. The predicted molar refractivity (Wildman–Crippen MR) is 103 cm³/mol. The van der Waals surface area contributed by atoms with Crippen LogP contribution in [0.2, 0.25) is 0 Å². The minimum absolute atomic E-state index is 0.0626. The first-order valence-corrected chi connectivity index (χ1v) is 11.1. The molecule has 0 bridgehead atoms. The van der Waals surface area contributed by atoms with Gasteiger partial charge in [-0.15, -0.1) is 4.36 Å². The van der Waals surface area contributed by atoms with Crippen molar-refractivity contribution in [2.45, 2.75) is 11.5 Å². The summed E-state index contributed by atoms with van der Waals surface area (Å²) in [5, 5.41) is 0. The topological polar surface area (TPSA) is 105 Å². The Bertz CT molecular complexity index is 1260. The molecule has 0 saturated heterocycles. The van der Waals surface area contributed by atoms with E-state index in [-0.39, 0.29) is 28.4 Å². The highest BCUT2D eigenvalue weighted by Gasteiger charge is 2.33. The Hall–Kier alpha value is -2.82. The maximum atomic E-state index is 12.9. The van der Waals surface area contributed by atoms with E-state index in [4.69, 9.17) is 0 Å². The van der Waals surface area contributed by atoms with Crippen molar-refractivity contribution in [1.29, 1.82) is 0 Å². The second-order valence-electron chi connectivity index (χ2n) is 5.74. The molecule has 0 fully saturated rings. The Morgan fingerprint density at radius 3 is 2.25 bits per heavy atom. The molecule has 1 aromatic carbocycles. The molecule has 2 unspecified atom stereocenters. The van der Waals surface area contributed by atoms with Crippen LogP contribution in [-0.2, 0) is 28.8 Å². The summed E-state index contributed by atoms with van der Waals surface area (Å²) in [6.45, 7) is 6.85. The van der Waals surface area contributed by atoms with E-state index in [9.17, 15) is 35.0 Å². The van der Waals surface area contributed by atoms with Gasteiger partial charge in [-0.05, 0) is 37.2 Å². The quantitative estimate of drug-likeness (QED) is 0.417. The summed E-state index contributed by atoms with van der Waals surface area (Å²) in [7, 11) is -9.99. The van der Waals surface area contributed by atoms with Gasteiger partial charge in [-0.2, -0.15) is 26.1 Å². The number of rotatable bonds is 8. The largest absolute Gasteiger partial charge is 0.383 e. The summed E-state index contributed by atoms with van der Waals surface area (Å²) in [6.07, 6.45) is 3.71. The van der Waals surface area contributed by atoms with E-state index >= 15 is 0 Å². The van der Waals surface area contributed by atoms with E-state index in [1.807, 2.05) is 0 Å². The summed E-state index contributed by atoms with van der Waals surface area (Å²) in [4.78, 5) is 6.34. The fourth-order valence-electron chi connectivity index (χ4n) is 2.18. The molecule has 0 saturated carbocycles. The van der Waals surface area contributed by atoms with Crippen molar-refractivity contribution < 1.29 is 53.2 Å². The zero-order valence-electron chi connectivity index (χ0n) is 15.6. The fraction of sp³-hybridized carbons (Fsp3) is 0.125. The first kappa shape index (κ1) is 25.4. The molecule has 2 N–H and O–H groups in total. The number of aliphatic imine (C=N–C) groups is 1. The van der Waals surface area contributed by atoms with Crippen LogP contribution in [-0.4, -0.2) is 32.4 Å². The van der Waals surface area contributed by atoms with Gasteiger partial charge in [0, 0.05) is 12.1 Å². The molecule has 1 aliphatic carbocycles. The van der Waals surface area contributed by atoms with Crippen LogP contribution in [0.5, 0.6) is 0 Å². The molecule has 174 valence electrons. The van der Waals surface area contributed by atoms with Crippen LogP contribution in [0.3, 0.4) is 0 Å². The average molecular weight is 504 g/mol. The molecule has 0 heterocycles. The third-order valence-corrected chi connectivity index (χ3v) is 5.85. The Morgan fingerprint density at radius 2 is 1.72 bits per heavy atom. The molecular formula is C16H14F6N4O4S2+2. The maximum Gasteiger partial charge on any atom is 0.383 e. The van der Waals surface area contributed by atoms with E-state index in [0.29, 0.717) is 0 Å². The van der Waals surface area contributed by atoms with Crippen molar-refractivity contribution in [2.24, 2.45) is 9.36 Å². The molecule has 0 amide bonds. The van der Waals surface area contributed by atoms with Crippen LogP contribution in [0.25, 0.3) is 0 Å². The molecule has 32 heavy (non-hydrogen) atoms. The maximum absolute atomic E-state index is 12.9. The molecule has 0 aliphatic heterocycles. The third kappa shape index (κ3) is 5.70. The van der Waals surface area contributed by atoms with E-state index < -0.39 is 37.2 Å². The highest BCUT2D eigenvalue weighted by molar-refractivity contribution is 7.89. The lowest BCUT2D eigenvalue weighted by molar-refractivity contribution is -0.373. The lowest BCUT2D eigenvalue weighted by atomic mass is 10.1. The third-order valence-electron chi connectivity index (χ3n) is 3.60. The Morgan fingerprint density at radius 1 is 1.03 bits per heavy atom. The summed E-state index contributed by atoms with van der Waals surface area (Å²) < 4.78 is 111. The standard InChI is InChI=1S/C16H12F6N4O4S2/c1-9-3-5-12(13(7-9)25-31(27,29-21)15(17)18)24-10-4-6-11(23-2)14(8-10)26-32(28,30-22)16(19)20/h3-8,15-16H,1-2H2/p+2. The molecule has 2 atom stereocenters. The number of nitrogens with one attached hydrogen (secondary N) is 2. The SMILES string of the molecule is C=[NH+]c1ccc(N=C2C=CC(=C)C=C2[NH+]=S(=O)(OF)C(F)F)cc1N=S(=O)(OF)C(F)F. The number of halogens is 6. The van der Waals surface area contributed by atoms with E-state index in [1.54, 1.807) is 4.36 Å². The van der Waals surface area contributed by atoms with Gasteiger partial charge >= 0.3 is 21.5 Å². The van der Waals surface area contributed by atoms with Crippen molar-refractivity contribution in [3.63, 3.8) is 0 Å². The number of hydrogen-bond acceptors (Lipinski definition) is 6. The molecule has 1 aromatic rings. The van der Waals surface area contributed by atoms with Gasteiger partial charge in [0.2, 0.25) is 11.4 Å². The zero-order valence-corrected chi connectivity index (χ0v) is 17.3. The number of benzene rings is 1. The number of nitrogens with zero attached hydrogens (tertiary/aromatic N) is 2. The molecule has 2 rings (SSSR count). The van der Waals surface area contributed by atoms with E-state index in [1.165, 1.54) is 24.3 Å². The van der Waals surface area contributed by atoms with E-state index in [2.05, 4.69) is 36.4 Å². The fourth-order valence-corrected chi connectivity index (χ4v) is 3.41. The van der Waals surface area contributed by atoms with Crippen LogP contribution in [0, 0.1) is 0 Å². The summed E-state index contributed by atoms with van der Waals surface area (Å²) in [6, 6.07) is 3.43. The Labute approximate surface area is 178 Å². The zero-order chi connectivity index (χ0) is 24.1. The van der Waals surface area contributed by atoms with Crippen molar-refractivity contribution in [2.75, 3.05) is 0 Å². The molecule has 16 heteroatoms. The molecular weight excluding hydrogens is 490 g/mol. The first-order valence-electron chi connectivity index (χ1n) is 8.06.